The van der Waals surface area contributed by atoms with Crippen LogP contribution in [0.1, 0.15) is 10.4 Å². The minimum absolute atomic E-state index is 0.162. The first kappa shape index (κ1) is 14.4. The van der Waals surface area contributed by atoms with Crippen molar-refractivity contribution >= 4 is 23.2 Å². The van der Waals surface area contributed by atoms with Crippen molar-refractivity contribution in [2.75, 3.05) is 5.32 Å². The number of aromatic nitrogens is 1. The first-order valence-electron chi connectivity index (χ1n) is 6.63. The quantitative estimate of drug-likeness (QED) is 0.757. The molecule has 0 atom stereocenters. The average Bonchev–Trinajstić information content (AvgIpc) is 3.04. The smallest absolute Gasteiger partial charge is 0.255 e. The summed E-state index contributed by atoms with van der Waals surface area (Å²) in [5, 5.41) is 2.84. The number of benzene rings is 2. The van der Waals surface area contributed by atoms with Crippen molar-refractivity contribution in [1.29, 1.82) is 0 Å². The highest BCUT2D eigenvalue weighted by Crippen LogP contribution is 2.23. The van der Waals surface area contributed by atoms with Gasteiger partial charge in [0.1, 0.15) is 5.82 Å². The van der Waals surface area contributed by atoms with E-state index in [-0.39, 0.29) is 10.9 Å². The fourth-order valence-electron chi connectivity index (χ4n) is 2.10. The summed E-state index contributed by atoms with van der Waals surface area (Å²) in [6, 6.07) is 14.8. The van der Waals surface area contributed by atoms with Gasteiger partial charge >= 0.3 is 0 Å². The van der Waals surface area contributed by atoms with Crippen LogP contribution in [0.5, 0.6) is 0 Å². The maximum absolute atomic E-state index is 13.0. The van der Waals surface area contributed by atoms with Gasteiger partial charge in [0, 0.05) is 23.6 Å². The standard InChI is InChI=1S/C17H12ClFN2O/c18-15-11-13(19)6-7-16(15)20-17(22)12-4-3-5-14(10-12)21-8-1-2-9-21/h1-11H,(H,20,22). The Morgan fingerprint density at radius 1 is 1.05 bits per heavy atom. The van der Waals surface area contributed by atoms with Crippen LogP contribution in [-0.4, -0.2) is 10.5 Å². The van der Waals surface area contributed by atoms with E-state index in [2.05, 4.69) is 5.32 Å². The Labute approximate surface area is 132 Å². The Morgan fingerprint density at radius 3 is 2.55 bits per heavy atom. The molecule has 110 valence electrons. The van der Waals surface area contributed by atoms with E-state index in [4.69, 9.17) is 11.6 Å². The Balaban J connectivity index is 1.85. The first-order valence-corrected chi connectivity index (χ1v) is 7.01. The zero-order chi connectivity index (χ0) is 15.5. The molecule has 0 unspecified atom stereocenters. The zero-order valence-corrected chi connectivity index (χ0v) is 12.2. The van der Waals surface area contributed by atoms with Crippen molar-refractivity contribution in [2.24, 2.45) is 0 Å². The van der Waals surface area contributed by atoms with Gasteiger partial charge in [0.15, 0.2) is 0 Å². The maximum Gasteiger partial charge on any atom is 0.255 e. The van der Waals surface area contributed by atoms with E-state index >= 15 is 0 Å². The Kier molecular flexibility index (Phi) is 3.94. The van der Waals surface area contributed by atoms with E-state index < -0.39 is 5.82 Å². The topological polar surface area (TPSA) is 34.0 Å². The van der Waals surface area contributed by atoms with Crippen LogP contribution in [-0.2, 0) is 0 Å². The van der Waals surface area contributed by atoms with Crippen LogP contribution in [0.25, 0.3) is 5.69 Å². The van der Waals surface area contributed by atoms with Crippen molar-refractivity contribution in [3.05, 3.63) is 83.4 Å². The molecular formula is C17H12ClFN2O. The predicted molar refractivity (Wildman–Crippen MR) is 85.1 cm³/mol. The monoisotopic (exact) mass is 314 g/mol. The second-order valence-electron chi connectivity index (χ2n) is 4.72. The molecule has 0 saturated carbocycles. The molecule has 3 rings (SSSR count). The van der Waals surface area contributed by atoms with Gasteiger partial charge in [-0.25, -0.2) is 4.39 Å². The molecule has 0 bridgehead atoms. The Bertz CT molecular complexity index is 815. The van der Waals surface area contributed by atoms with Crippen LogP contribution in [0.4, 0.5) is 10.1 Å². The number of hydrogen-bond acceptors (Lipinski definition) is 1. The zero-order valence-electron chi connectivity index (χ0n) is 11.5. The number of nitrogens with one attached hydrogen (secondary N) is 1. The molecule has 0 fully saturated rings. The number of amides is 1. The van der Waals surface area contributed by atoms with Crippen LogP contribution in [0, 0.1) is 5.82 Å². The fraction of sp³-hybridized carbons (Fsp3) is 0. The van der Waals surface area contributed by atoms with Gasteiger partial charge in [-0.1, -0.05) is 17.7 Å². The summed E-state index contributed by atoms with van der Waals surface area (Å²) in [4.78, 5) is 12.3. The number of carbonyl (C=O) groups is 1. The lowest BCUT2D eigenvalue weighted by Crippen LogP contribution is -2.12. The van der Waals surface area contributed by atoms with Gasteiger partial charge < -0.3 is 9.88 Å². The number of anilines is 1. The van der Waals surface area contributed by atoms with E-state index in [1.165, 1.54) is 12.1 Å². The molecule has 3 nitrogen and oxygen atoms in total. The van der Waals surface area contributed by atoms with Crippen molar-refractivity contribution < 1.29 is 9.18 Å². The number of carbonyl (C=O) groups excluding carboxylic acids is 1. The molecule has 1 heterocycles. The predicted octanol–water partition coefficient (Wildman–Crippen LogP) is 4.52. The Morgan fingerprint density at radius 2 is 1.82 bits per heavy atom. The SMILES string of the molecule is O=C(Nc1ccc(F)cc1Cl)c1cccc(-n2cccc2)c1. The van der Waals surface area contributed by atoms with E-state index in [9.17, 15) is 9.18 Å². The third-order valence-electron chi connectivity index (χ3n) is 3.19. The van der Waals surface area contributed by atoms with Crippen molar-refractivity contribution in [1.82, 2.24) is 4.57 Å². The fourth-order valence-corrected chi connectivity index (χ4v) is 2.31. The number of halogens is 2. The van der Waals surface area contributed by atoms with Crippen molar-refractivity contribution in [3.63, 3.8) is 0 Å². The van der Waals surface area contributed by atoms with Gasteiger partial charge in [-0.3, -0.25) is 4.79 Å². The molecule has 1 N–H and O–H groups in total. The summed E-state index contributed by atoms with van der Waals surface area (Å²) in [7, 11) is 0. The van der Waals surface area contributed by atoms with Crippen LogP contribution in [0.2, 0.25) is 5.02 Å². The van der Waals surface area contributed by atoms with Crippen molar-refractivity contribution in [3.8, 4) is 5.69 Å². The van der Waals surface area contributed by atoms with Crippen LogP contribution in [0.3, 0.4) is 0 Å². The first-order chi connectivity index (χ1) is 10.6. The molecule has 2 aromatic carbocycles. The Hall–Kier alpha value is -2.59. The molecule has 3 aromatic rings. The lowest BCUT2D eigenvalue weighted by atomic mass is 10.2. The molecule has 1 amide bonds. The molecule has 5 heteroatoms. The summed E-state index contributed by atoms with van der Waals surface area (Å²) in [6.07, 6.45) is 3.79. The molecule has 1 aromatic heterocycles. The molecule has 0 saturated heterocycles. The largest absolute Gasteiger partial charge is 0.324 e. The van der Waals surface area contributed by atoms with E-state index in [1.54, 1.807) is 18.2 Å². The lowest BCUT2D eigenvalue weighted by molar-refractivity contribution is 0.102. The van der Waals surface area contributed by atoms with Gasteiger partial charge in [0.2, 0.25) is 0 Å². The summed E-state index contributed by atoms with van der Waals surface area (Å²) >= 11 is 5.91. The molecule has 22 heavy (non-hydrogen) atoms. The van der Waals surface area contributed by atoms with Gasteiger partial charge in [-0.05, 0) is 48.5 Å². The number of nitrogens with zero attached hydrogens (tertiary/aromatic N) is 1. The summed E-state index contributed by atoms with van der Waals surface area (Å²) in [5.41, 5.74) is 1.74. The minimum Gasteiger partial charge on any atom is -0.324 e. The molecular weight excluding hydrogens is 303 g/mol. The number of hydrogen-bond donors (Lipinski definition) is 1. The van der Waals surface area contributed by atoms with E-state index in [1.807, 2.05) is 35.2 Å². The van der Waals surface area contributed by atoms with Crippen LogP contribution >= 0.6 is 11.6 Å². The summed E-state index contributed by atoms with van der Waals surface area (Å²) < 4.78 is 14.9. The van der Waals surface area contributed by atoms with Gasteiger partial charge in [-0.2, -0.15) is 0 Å². The van der Waals surface area contributed by atoms with E-state index in [0.29, 0.717) is 11.3 Å². The lowest BCUT2D eigenvalue weighted by Gasteiger charge is -2.09. The highest BCUT2D eigenvalue weighted by molar-refractivity contribution is 6.33. The van der Waals surface area contributed by atoms with Crippen molar-refractivity contribution in [2.45, 2.75) is 0 Å². The number of rotatable bonds is 3. The van der Waals surface area contributed by atoms with Gasteiger partial charge in [0.25, 0.3) is 5.91 Å². The van der Waals surface area contributed by atoms with Gasteiger partial charge in [-0.15, -0.1) is 0 Å². The highest BCUT2D eigenvalue weighted by atomic mass is 35.5. The summed E-state index contributed by atoms with van der Waals surface area (Å²) in [5.74, 6) is -0.750. The van der Waals surface area contributed by atoms with E-state index in [0.717, 1.165) is 11.8 Å². The molecule has 0 radical (unpaired) electrons. The second kappa shape index (κ2) is 6.03. The average molecular weight is 315 g/mol. The molecule has 0 aliphatic carbocycles. The molecule has 0 spiro atoms. The normalized spacial score (nSPS) is 10.5. The molecule has 0 aliphatic heterocycles. The minimum atomic E-state index is -0.447. The third-order valence-corrected chi connectivity index (χ3v) is 3.50. The highest BCUT2D eigenvalue weighted by Gasteiger charge is 2.10. The third kappa shape index (κ3) is 3.02. The molecule has 0 aliphatic rings. The summed E-state index contributed by atoms with van der Waals surface area (Å²) in [6.45, 7) is 0. The van der Waals surface area contributed by atoms with Crippen LogP contribution in [0.15, 0.2) is 67.0 Å². The van der Waals surface area contributed by atoms with Gasteiger partial charge in [0.05, 0.1) is 10.7 Å². The second-order valence-corrected chi connectivity index (χ2v) is 5.13. The maximum atomic E-state index is 13.0. The van der Waals surface area contributed by atoms with Crippen LogP contribution < -0.4 is 5.32 Å².